The largest absolute Gasteiger partial charge is 0.444 e. The average Bonchev–Trinajstić information content (AvgIpc) is 2.85. The Hall–Kier alpha value is -1.97. The fraction of sp³-hybridized carbons (Fsp3) is 0.273. The number of nitrogens with one attached hydrogen (secondary N) is 2. The van der Waals surface area contributed by atoms with Crippen molar-refractivity contribution in [2.24, 2.45) is 5.84 Å². The van der Waals surface area contributed by atoms with Gasteiger partial charge in [0.2, 0.25) is 15.9 Å². The maximum Gasteiger partial charge on any atom is 0.241 e. The molecule has 0 fully saturated rings. The van der Waals surface area contributed by atoms with Crippen LogP contribution in [0, 0.1) is 6.92 Å². The molecule has 4 N–H and O–H groups in total. The predicted molar refractivity (Wildman–Crippen MR) is 72.0 cm³/mol. The van der Waals surface area contributed by atoms with Gasteiger partial charge in [-0.15, -0.1) is 0 Å². The summed E-state index contributed by atoms with van der Waals surface area (Å²) in [5, 5.41) is 0. The molecular formula is C11H15N5O3S. The standard InChI is InChI=1S/C11H15N5O3S/c1-7-6-14-11(19-7)8(2)16-20(17,18)9-3-4-13-10(5-9)15-12/h3-6,8,16H,12H2,1-2H3,(H,13,15). The molecule has 108 valence electrons. The van der Waals surface area contributed by atoms with Crippen molar-refractivity contribution in [3.8, 4) is 0 Å². The Morgan fingerprint density at radius 3 is 2.75 bits per heavy atom. The SMILES string of the molecule is Cc1cnc(C(C)NS(=O)(=O)c2ccnc(NN)c2)o1. The zero-order valence-corrected chi connectivity index (χ0v) is 11.8. The average molecular weight is 297 g/mol. The van der Waals surface area contributed by atoms with E-state index in [9.17, 15) is 8.42 Å². The number of aromatic nitrogens is 2. The van der Waals surface area contributed by atoms with Gasteiger partial charge in [0.1, 0.15) is 11.6 Å². The summed E-state index contributed by atoms with van der Waals surface area (Å²) in [5.74, 6) is 6.38. The van der Waals surface area contributed by atoms with Crippen molar-refractivity contribution in [3.05, 3.63) is 36.2 Å². The molecule has 0 aliphatic carbocycles. The van der Waals surface area contributed by atoms with E-state index >= 15 is 0 Å². The molecule has 0 aliphatic heterocycles. The zero-order valence-electron chi connectivity index (χ0n) is 11.0. The second-order valence-electron chi connectivity index (χ2n) is 4.17. The van der Waals surface area contributed by atoms with E-state index in [0.717, 1.165) is 0 Å². The lowest BCUT2D eigenvalue weighted by atomic mass is 10.4. The number of nitrogens with two attached hydrogens (primary N) is 1. The first kappa shape index (κ1) is 14.4. The van der Waals surface area contributed by atoms with Gasteiger partial charge in [-0.1, -0.05) is 0 Å². The Labute approximate surface area is 116 Å². The molecule has 0 spiro atoms. The van der Waals surface area contributed by atoms with Crippen molar-refractivity contribution in [2.45, 2.75) is 24.8 Å². The molecule has 9 heteroatoms. The summed E-state index contributed by atoms with van der Waals surface area (Å²) in [6.07, 6.45) is 2.88. The van der Waals surface area contributed by atoms with Crippen LogP contribution in [0.1, 0.15) is 24.6 Å². The van der Waals surface area contributed by atoms with Crippen LogP contribution in [0.25, 0.3) is 0 Å². The van der Waals surface area contributed by atoms with E-state index in [2.05, 4.69) is 20.1 Å². The minimum Gasteiger partial charge on any atom is -0.444 e. The number of hydrogen-bond acceptors (Lipinski definition) is 7. The van der Waals surface area contributed by atoms with Crippen LogP contribution in [0.15, 0.2) is 33.8 Å². The van der Waals surface area contributed by atoms with Crippen molar-refractivity contribution < 1.29 is 12.8 Å². The highest BCUT2D eigenvalue weighted by Gasteiger charge is 2.21. The van der Waals surface area contributed by atoms with Crippen LogP contribution in [0.3, 0.4) is 0 Å². The first-order chi connectivity index (χ1) is 9.42. The summed E-state index contributed by atoms with van der Waals surface area (Å²) in [6, 6.07) is 2.11. The normalized spacial score (nSPS) is 13.2. The number of hydrazine groups is 1. The highest BCUT2D eigenvalue weighted by Crippen LogP contribution is 2.17. The lowest BCUT2D eigenvalue weighted by molar-refractivity contribution is 0.428. The maximum absolute atomic E-state index is 12.2. The van der Waals surface area contributed by atoms with Gasteiger partial charge in [0, 0.05) is 12.3 Å². The molecule has 0 saturated carbocycles. The van der Waals surface area contributed by atoms with E-state index in [4.69, 9.17) is 10.3 Å². The van der Waals surface area contributed by atoms with Gasteiger partial charge in [0.15, 0.2) is 0 Å². The van der Waals surface area contributed by atoms with Gasteiger partial charge in [-0.25, -0.2) is 24.2 Å². The molecule has 0 saturated heterocycles. The number of aryl methyl sites for hydroxylation is 1. The van der Waals surface area contributed by atoms with Crippen molar-refractivity contribution in [2.75, 3.05) is 5.43 Å². The first-order valence-electron chi connectivity index (χ1n) is 5.79. The summed E-state index contributed by atoms with van der Waals surface area (Å²) in [5.41, 5.74) is 2.29. The van der Waals surface area contributed by atoms with Gasteiger partial charge in [-0.05, 0) is 19.9 Å². The lowest BCUT2D eigenvalue weighted by Crippen LogP contribution is -2.27. The fourth-order valence-corrected chi connectivity index (χ4v) is 2.79. The van der Waals surface area contributed by atoms with E-state index in [1.165, 1.54) is 24.5 Å². The van der Waals surface area contributed by atoms with E-state index in [0.29, 0.717) is 11.7 Å². The Bertz CT molecular complexity index is 698. The second kappa shape index (κ2) is 5.57. The molecule has 0 aliphatic rings. The van der Waals surface area contributed by atoms with Gasteiger partial charge in [-0.3, -0.25) is 0 Å². The molecule has 20 heavy (non-hydrogen) atoms. The van der Waals surface area contributed by atoms with E-state index in [1.54, 1.807) is 13.8 Å². The Morgan fingerprint density at radius 1 is 1.40 bits per heavy atom. The first-order valence-corrected chi connectivity index (χ1v) is 7.28. The van der Waals surface area contributed by atoms with Crippen molar-refractivity contribution in [1.29, 1.82) is 0 Å². The molecular weight excluding hydrogens is 282 g/mol. The molecule has 0 bridgehead atoms. The van der Waals surface area contributed by atoms with Gasteiger partial charge in [0.05, 0.1) is 17.1 Å². The smallest absolute Gasteiger partial charge is 0.241 e. The summed E-state index contributed by atoms with van der Waals surface area (Å²) >= 11 is 0. The lowest BCUT2D eigenvalue weighted by Gasteiger charge is -2.11. The van der Waals surface area contributed by atoms with Gasteiger partial charge >= 0.3 is 0 Å². The summed E-state index contributed by atoms with van der Waals surface area (Å²) < 4.78 is 32.2. The van der Waals surface area contributed by atoms with E-state index in [-0.39, 0.29) is 10.7 Å². The fourth-order valence-electron chi connectivity index (χ4n) is 1.58. The molecule has 0 aromatic carbocycles. The number of sulfonamides is 1. The van der Waals surface area contributed by atoms with Crippen LogP contribution >= 0.6 is 0 Å². The topological polar surface area (TPSA) is 123 Å². The van der Waals surface area contributed by atoms with Gasteiger partial charge in [0.25, 0.3) is 0 Å². The summed E-state index contributed by atoms with van der Waals surface area (Å²) in [4.78, 5) is 7.89. The van der Waals surface area contributed by atoms with Crippen LogP contribution in [-0.4, -0.2) is 18.4 Å². The van der Waals surface area contributed by atoms with Crippen molar-refractivity contribution in [3.63, 3.8) is 0 Å². The van der Waals surface area contributed by atoms with Crippen molar-refractivity contribution >= 4 is 15.8 Å². The van der Waals surface area contributed by atoms with Crippen molar-refractivity contribution in [1.82, 2.24) is 14.7 Å². The number of nitrogen functional groups attached to an aromatic ring is 1. The number of nitrogens with zero attached hydrogens (tertiary/aromatic N) is 2. The number of oxazole rings is 1. The zero-order chi connectivity index (χ0) is 14.8. The molecule has 2 aromatic heterocycles. The maximum atomic E-state index is 12.2. The minimum absolute atomic E-state index is 0.0515. The van der Waals surface area contributed by atoms with Crippen LogP contribution < -0.4 is 16.0 Å². The molecule has 2 rings (SSSR count). The van der Waals surface area contributed by atoms with E-state index < -0.39 is 16.1 Å². The Balaban J connectivity index is 2.22. The molecule has 0 radical (unpaired) electrons. The van der Waals surface area contributed by atoms with Crippen LogP contribution in [-0.2, 0) is 10.0 Å². The Morgan fingerprint density at radius 2 is 2.15 bits per heavy atom. The second-order valence-corrected chi connectivity index (χ2v) is 5.89. The number of rotatable bonds is 5. The van der Waals surface area contributed by atoms with Gasteiger partial charge in [-0.2, -0.15) is 4.72 Å². The quantitative estimate of drug-likeness (QED) is 0.548. The summed E-state index contributed by atoms with van der Waals surface area (Å²) in [6.45, 7) is 3.38. The number of anilines is 1. The van der Waals surface area contributed by atoms with Crippen LogP contribution in [0.4, 0.5) is 5.82 Å². The predicted octanol–water partition coefficient (Wildman–Crippen LogP) is 0.703. The van der Waals surface area contributed by atoms with E-state index in [1.807, 2.05) is 0 Å². The third-order valence-corrected chi connectivity index (χ3v) is 4.07. The molecule has 2 aromatic rings. The molecule has 1 unspecified atom stereocenters. The highest BCUT2D eigenvalue weighted by atomic mass is 32.2. The highest BCUT2D eigenvalue weighted by molar-refractivity contribution is 7.89. The molecule has 2 heterocycles. The third kappa shape index (κ3) is 3.13. The number of hydrogen-bond donors (Lipinski definition) is 3. The molecule has 8 nitrogen and oxygen atoms in total. The molecule has 0 amide bonds. The third-order valence-electron chi connectivity index (χ3n) is 2.53. The minimum atomic E-state index is -3.72. The van der Waals surface area contributed by atoms with Crippen LogP contribution in [0.2, 0.25) is 0 Å². The summed E-state index contributed by atoms with van der Waals surface area (Å²) in [7, 11) is -3.72. The monoisotopic (exact) mass is 297 g/mol. The van der Waals surface area contributed by atoms with Crippen LogP contribution in [0.5, 0.6) is 0 Å². The number of pyridine rings is 1. The van der Waals surface area contributed by atoms with Gasteiger partial charge < -0.3 is 9.84 Å². The molecule has 1 atom stereocenters. The Kier molecular flexibility index (Phi) is 4.02.